The van der Waals surface area contributed by atoms with Crippen molar-refractivity contribution in [2.45, 2.75) is 20.3 Å². The van der Waals surface area contributed by atoms with Crippen LogP contribution in [0.4, 0.5) is 0 Å². The van der Waals surface area contributed by atoms with Crippen LogP contribution in [0.15, 0.2) is 76.3 Å². The highest BCUT2D eigenvalue weighted by Gasteiger charge is 2.35. The summed E-state index contributed by atoms with van der Waals surface area (Å²) < 4.78 is 7.37. The lowest BCUT2D eigenvalue weighted by molar-refractivity contribution is -0.114. The predicted octanol–water partition coefficient (Wildman–Crippen LogP) is 4.96. The van der Waals surface area contributed by atoms with Gasteiger partial charge >= 0.3 is 0 Å². The van der Waals surface area contributed by atoms with Gasteiger partial charge in [-0.3, -0.25) is 10.2 Å². The van der Waals surface area contributed by atoms with Gasteiger partial charge in [-0.2, -0.15) is 15.1 Å². The lowest BCUT2D eigenvalue weighted by atomic mass is 10.1. The van der Waals surface area contributed by atoms with Gasteiger partial charge in [0.2, 0.25) is 5.17 Å². The average molecular weight is 470 g/mol. The van der Waals surface area contributed by atoms with Crippen LogP contribution in [-0.2, 0) is 11.2 Å². The molecule has 0 saturated carbocycles. The van der Waals surface area contributed by atoms with Crippen molar-refractivity contribution in [3.63, 3.8) is 0 Å². The first-order valence-electron chi connectivity index (χ1n) is 10.8. The number of aromatic nitrogens is 1. The molecule has 3 aromatic rings. The van der Waals surface area contributed by atoms with E-state index >= 15 is 0 Å². The predicted molar refractivity (Wildman–Crippen MR) is 137 cm³/mol. The van der Waals surface area contributed by atoms with Crippen LogP contribution in [-0.4, -0.2) is 38.6 Å². The second kappa shape index (κ2) is 8.79. The number of benzene rings is 2. The summed E-state index contributed by atoms with van der Waals surface area (Å²) in [6.07, 6.45) is 2.37. The number of amides is 1. The van der Waals surface area contributed by atoms with Gasteiger partial charge < -0.3 is 9.30 Å². The molecule has 0 saturated heterocycles. The molecule has 0 unspecified atom stereocenters. The van der Waals surface area contributed by atoms with Gasteiger partial charge in [-0.15, -0.1) is 0 Å². The molecule has 8 heteroatoms. The number of hydrogen-bond acceptors (Lipinski definition) is 5. The van der Waals surface area contributed by atoms with Gasteiger partial charge in [0.05, 0.1) is 12.7 Å². The number of carbonyl (C=O) groups is 1. The highest BCUT2D eigenvalue weighted by atomic mass is 32.2. The molecule has 1 N–H and O–H groups in total. The summed E-state index contributed by atoms with van der Waals surface area (Å²) >= 11 is 1.34. The first kappa shape index (κ1) is 21.9. The maximum absolute atomic E-state index is 12.9. The van der Waals surface area contributed by atoms with Crippen molar-refractivity contribution < 1.29 is 9.53 Å². The molecular formula is C26H23N5O2S. The molecule has 0 aliphatic carbocycles. The van der Waals surface area contributed by atoms with Crippen LogP contribution < -0.4 is 4.74 Å². The number of methoxy groups -OCH3 is 1. The third-order valence-electron chi connectivity index (χ3n) is 5.80. The number of fused-ring (bicyclic) bond motifs is 1. The van der Waals surface area contributed by atoms with Crippen LogP contribution in [0.1, 0.15) is 22.5 Å². The molecule has 0 spiro atoms. The fraction of sp³-hybridized carbons (Fsp3) is 0.154. The van der Waals surface area contributed by atoms with Gasteiger partial charge in [-0.1, -0.05) is 30.3 Å². The van der Waals surface area contributed by atoms with E-state index in [4.69, 9.17) is 10.1 Å². The summed E-state index contributed by atoms with van der Waals surface area (Å²) in [6, 6.07) is 19.8. The zero-order valence-corrected chi connectivity index (χ0v) is 19.9. The number of carbonyl (C=O) groups excluding carboxylic acids is 1. The number of aryl methyl sites for hydroxylation is 1. The van der Waals surface area contributed by atoms with Crippen LogP contribution in [0.3, 0.4) is 0 Å². The Morgan fingerprint density at radius 3 is 2.53 bits per heavy atom. The number of ether oxygens (including phenoxy) is 1. The third kappa shape index (κ3) is 3.97. The van der Waals surface area contributed by atoms with Gasteiger partial charge in [0.1, 0.15) is 10.8 Å². The van der Waals surface area contributed by atoms with E-state index < -0.39 is 5.91 Å². The quantitative estimate of drug-likeness (QED) is 0.535. The summed E-state index contributed by atoms with van der Waals surface area (Å²) in [5, 5.41) is 15.9. The van der Waals surface area contributed by atoms with E-state index in [0.29, 0.717) is 11.6 Å². The van der Waals surface area contributed by atoms with E-state index in [2.05, 4.69) is 14.7 Å². The van der Waals surface area contributed by atoms with Crippen LogP contribution >= 0.6 is 11.8 Å². The van der Waals surface area contributed by atoms with E-state index in [1.54, 1.807) is 13.2 Å². The Kier molecular flexibility index (Phi) is 5.67. The minimum Gasteiger partial charge on any atom is -0.497 e. The Bertz CT molecular complexity index is 1380. The molecule has 0 radical (unpaired) electrons. The van der Waals surface area contributed by atoms with Crippen molar-refractivity contribution in [1.82, 2.24) is 9.58 Å². The van der Waals surface area contributed by atoms with Crippen LogP contribution in [0.25, 0.3) is 11.8 Å². The van der Waals surface area contributed by atoms with Gasteiger partial charge in [0.15, 0.2) is 5.84 Å². The molecule has 0 atom stereocenters. The summed E-state index contributed by atoms with van der Waals surface area (Å²) in [7, 11) is 1.64. The Morgan fingerprint density at radius 2 is 1.82 bits per heavy atom. The molecule has 5 rings (SSSR count). The number of hydrogen-bond donors (Lipinski definition) is 1. The molecule has 1 aromatic heterocycles. The molecular weight excluding hydrogens is 446 g/mol. The van der Waals surface area contributed by atoms with Crippen molar-refractivity contribution in [3.8, 4) is 11.4 Å². The zero-order chi connectivity index (χ0) is 23.8. The van der Waals surface area contributed by atoms with Crippen molar-refractivity contribution in [2.24, 2.45) is 10.1 Å². The van der Waals surface area contributed by atoms with Crippen molar-refractivity contribution in [1.29, 1.82) is 5.41 Å². The lowest BCUT2D eigenvalue weighted by Gasteiger charge is -2.20. The Balaban J connectivity index is 1.45. The molecule has 34 heavy (non-hydrogen) atoms. The summed E-state index contributed by atoms with van der Waals surface area (Å²) in [5.74, 6) is 0.410. The molecule has 7 nitrogen and oxygen atoms in total. The number of aliphatic imine (C=N–C) groups is 1. The first-order chi connectivity index (χ1) is 16.4. The fourth-order valence-corrected chi connectivity index (χ4v) is 5.01. The van der Waals surface area contributed by atoms with Gasteiger partial charge in [-0.05, 0) is 73.1 Å². The number of amidine groups is 2. The summed E-state index contributed by atoms with van der Waals surface area (Å²) in [6.45, 7) is 4.01. The van der Waals surface area contributed by atoms with Gasteiger partial charge in [0, 0.05) is 23.5 Å². The smallest absolute Gasteiger partial charge is 0.283 e. The summed E-state index contributed by atoms with van der Waals surface area (Å²) in [4.78, 5) is 17.1. The third-order valence-corrected chi connectivity index (χ3v) is 6.70. The zero-order valence-electron chi connectivity index (χ0n) is 19.1. The number of thioether (sulfide) groups is 1. The Morgan fingerprint density at radius 1 is 1.09 bits per heavy atom. The molecule has 2 aliphatic heterocycles. The van der Waals surface area contributed by atoms with E-state index in [1.165, 1.54) is 16.8 Å². The second-order valence-electron chi connectivity index (χ2n) is 8.04. The molecule has 0 bridgehead atoms. The fourth-order valence-electron chi connectivity index (χ4n) is 4.09. The van der Waals surface area contributed by atoms with Crippen molar-refractivity contribution in [2.75, 3.05) is 7.11 Å². The van der Waals surface area contributed by atoms with Crippen LogP contribution in [0.5, 0.6) is 5.75 Å². The number of rotatable bonds is 5. The SMILES string of the molecule is COc1ccc(-n2c(C)cc(/C=C3/C(=N)N4N=C(Cc5ccccc5)SC4=NC3=O)c2C)cc1. The molecule has 3 heterocycles. The van der Waals surface area contributed by atoms with Gasteiger partial charge in [0.25, 0.3) is 5.91 Å². The van der Waals surface area contributed by atoms with Gasteiger partial charge in [-0.25, -0.2) is 0 Å². The van der Waals surface area contributed by atoms with E-state index in [9.17, 15) is 4.79 Å². The van der Waals surface area contributed by atoms with Crippen LogP contribution in [0.2, 0.25) is 0 Å². The molecule has 2 aliphatic rings. The first-order valence-corrected chi connectivity index (χ1v) is 11.6. The lowest BCUT2D eigenvalue weighted by Crippen LogP contribution is -2.35. The number of nitrogens with one attached hydrogen (secondary N) is 1. The van der Waals surface area contributed by atoms with Crippen LogP contribution in [0, 0.1) is 19.3 Å². The van der Waals surface area contributed by atoms with E-state index in [0.717, 1.165) is 39.0 Å². The van der Waals surface area contributed by atoms with Crippen molar-refractivity contribution in [3.05, 3.63) is 88.8 Å². The Hall–Kier alpha value is -3.91. The Labute approximate surface area is 202 Å². The average Bonchev–Trinajstić information content (AvgIpc) is 3.36. The molecule has 2 aromatic carbocycles. The maximum Gasteiger partial charge on any atom is 0.283 e. The minimum atomic E-state index is -0.422. The largest absolute Gasteiger partial charge is 0.497 e. The van der Waals surface area contributed by atoms with E-state index in [-0.39, 0.29) is 11.4 Å². The maximum atomic E-state index is 12.9. The topological polar surface area (TPSA) is 83.0 Å². The number of hydrazone groups is 1. The van der Waals surface area contributed by atoms with Crippen molar-refractivity contribution >= 4 is 39.8 Å². The minimum absolute atomic E-state index is 0.0415. The normalized spacial score (nSPS) is 16.6. The molecule has 1 amide bonds. The van der Waals surface area contributed by atoms with E-state index in [1.807, 2.05) is 74.5 Å². The standard InChI is InChI=1S/C26H23N5O2S/c1-16-13-19(17(2)30(16)20-9-11-21(33-3)12-10-20)15-22-24(27)31-26(28-25(22)32)34-23(29-31)14-18-7-5-4-6-8-18/h4-13,15,27H,14H2,1-3H3/b22-15-,27-24?. The highest BCUT2D eigenvalue weighted by molar-refractivity contribution is 8.26. The monoisotopic (exact) mass is 469 g/mol. The summed E-state index contributed by atoms with van der Waals surface area (Å²) in [5.41, 5.74) is 5.19. The molecule has 0 fully saturated rings. The second-order valence-corrected chi connectivity index (χ2v) is 9.08. The number of nitrogens with zero attached hydrogens (tertiary/aromatic N) is 4. The highest BCUT2D eigenvalue weighted by Crippen LogP contribution is 2.31. The molecule has 170 valence electrons.